The predicted molar refractivity (Wildman–Crippen MR) is 62.3 cm³/mol. The molecule has 2 aliphatic heterocycles. The Morgan fingerprint density at radius 1 is 1.26 bits per heavy atom. The highest BCUT2D eigenvalue weighted by atomic mass is 19.3. The number of imidazole rings is 1. The number of alkyl halides is 2. The maximum absolute atomic E-state index is 12.9. The number of hydrogen-bond acceptors (Lipinski definition) is 4. The molecule has 19 heavy (non-hydrogen) atoms. The molecule has 1 fully saturated rings. The lowest BCUT2D eigenvalue weighted by molar-refractivity contribution is -0.286. The highest BCUT2D eigenvalue weighted by Gasteiger charge is 2.43. The number of nitrogens with one attached hydrogen (secondary N) is 2. The Morgan fingerprint density at radius 2 is 2.05 bits per heavy atom. The van der Waals surface area contributed by atoms with E-state index in [1.165, 1.54) is 12.1 Å². The smallest absolute Gasteiger partial charge is 0.395 e. The fourth-order valence-corrected chi connectivity index (χ4v) is 2.56. The molecular formula is C12H11F2N3O2. The minimum absolute atomic E-state index is 0.0231. The van der Waals surface area contributed by atoms with Gasteiger partial charge in [0.15, 0.2) is 11.5 Å². The highest BCUT2D eigenvalue weighted by Crippen LogP contribution is 2.43. The number of rotatable bonds is 1. The lowest BCUT2D eigenvalue weighted by Crippen LogP contribution is -2.25. The zero-order valence-electron chi connectivity index (χ0n) is 9.87. The van der Waals surface area contributed by atoms with Gasteiger partial charge in [0.1, 0.15) is 5.82 Å². The summed E-state index contributed by atoms with van der Waals surface area (Å²) >= 11 is 0. The zero-order chi connectivity index (χ0) is 13.0. The zero-order valence-corrected chi connectivity index (χ0v) is 9.87. The molecule has 2 N–H and O–H groups in total. The van der Waals surface area contributed by atoms with Gasteiger partial charge in [0.2, 0.25) is 0 Å². The molecule has 1 atom stereocenters. The summed E-state index contributed by atoms with van der Waals surface area (Å²) < 4.78 is 34.7. The molecule has 0 bridgehead atoms. The Morgan fingerprint density at radius 3 is 2.79 bits per heavy atom. The average Bonchev–Trinajstić information content (AvgIpc) is 2.98. The molecule has 0 radical (unpaired) electrons. The number of aromatic nitrogens is 2. The van der Waals surface area contributed by atoms with Gasteiger partial charge in [-0.1, -0.05) is 0 Å². The van der Waals surface area contributed by atoms with Crippen molar-refractivity contribution in [3.05, 3.63) is 18.0 Å². The number of aromatic amines is 1. The van der Waals surface area contributed by atoms with Crippen molar-refractivity contribution in [1.29, 1.82) is 0 Å². The van der Waals surface area contributed by atoms with E-state index in [1.807, 2.05) is 0 Å². The first-order valence-electron chi connectivity index (χ1n) is 6.14. The number of benzene rings is 1. The second-order valence-electron chi connectivity index (χ2n) is 4.75. The van der Waals surface area contributed by atoms with Crippen LogP contribution < -0.4 is 14.8 Å². The van der Waals surface area contributed by atoms with Crippen molar-refractivity contribution in [2.75, 3.05) is 6.54 Å². The minimum Gasteiger partial charge on any atom is -0.395 e. The summed E-state index contributed by atoms with van der Waals surface area (Å²) in [6.45, 7) is 0.969. The summed E-state index contributed by atoms with van der Waals surface area (Å²) in [6, 6.07) is 3.17. The molecule has 5 nitrogen and oxygen atoms in total. The highest BCUT2D eigenvalue weighted by molar-refractivity contribution is 5.80. The summed E-state index contributed by atoms with van der Waals surface area (Å²) in [4.78, 5) is 7.56. The number of halogens is 2. The predicted octanol–water partition coefficient (Wildman–Crippen LogP) is 2.31. The molecule has 1 aromatic carbocycles. The summed E-state index contributed by atoms with van der Waals surface area (Å²) in [6.07, 6.45) is -1.46. The van der Waals surface area contributed by atoms with Crippen LogP contribution in [0, 0.1) is 0 Å². The van der Waals surface area contributed by atoms with Gasteiger partial charge in [0.05, 0.1) is 17.1 Å². The Balaban J connectivity index is 1.76. The van der Waals surface area contributed by atoms with Crippen molar-refractivity contribution in [3.63, 3.8) is 0 Å². The molecule has 0 aliphatic carbocycles. The van der Waals surface area contributed by atoms with Crippen LogP contribution in [0.5, 0.6) is 11.5 Å². The van der Waals surface area contributed by atoms with Crippen molar-refractivity contribution >= 4 is 11.0 Å². The fourth-order valence-electron chi connectivity index (χ4n) is 2.56. The second-order valence-corrected chi connectivity index (χ2v) is 4.75. The maximum Gasteiger partial charge on any atom is 0.586 e. The maximum atomic E-state index is 12.9. The minimum atomic E-state index is -3.59. The SMILES string of the molecule is FC1(F)Oc2cc3nc(C4CCCN4)[nH]c3cc2O1. The van der Waals surface area contributed by atoms with Crippen molar-refractivity contribution < 1.29 is 18.3 Å². The van der Waals surface area contributed by atoms with E-state index in [2.05, 4.69) is 24.8 Å². The second kappa shape index (κ2) is 3.57. The largest absolute Gasteiger partial charge is 0.586 e. The number of ether oxygens (including phenoxy) is 2. The molecule has 100 valence electrons. The van der Waals surface area contributed by atoms with E-state index < -0.39 is 6.29 Å². The van der Waals surface area contributed by atoms with E-state index in [-0.39, 0.29) is 17.5 Å². The molecule has 4 rings (SSSR count). The van der Waals surface area contributed by atoms with Crippen LogP contribution in [0.15, 0.2) is 12.1 Å². The van der Waals surface area contributed by atoms with Gasteiger partial charge in [-0.25, -0.2) is 4.98 Å². The van der Waals surface area contributed by atoms with Crippen LogP contribution in [0.4, 0.5) is 8.78 Å². The van der Waals surface area contributed by atoms with E-state index >= 15 is 0 Å². The third-order valence-corrected chi connectivity index (χ3v) is 3.41. The lowest BCUT2D eigenvalue weighted by atomic mass is 10.2. The standard InChI is InChI=1S/C12H11F2N3O2/c13-12(14)18-9-4-7-8(5-10(9)19-12)17-11(16-7)6-2-1-3-15-6/h4-6,15H,1-3H2,(H,16,17). The van der Waals surface area contributed by atoms with Crippen LogP contribution in [-0.4, -0.2) is 22.8 Å². The number of H-pyrrole nitrogens is 1. The molecule has 2 aromatic rings. The van der Waals surface area contributed by atoms with Gasteiger partial charge in [-0.05, 0) is 19.4 Å². The van der Waals surface area contributed by atoms with Crippen LogP contribution >= 0.6 is 0 Å². The van der Waals surface area contributed by atoms with Crippen LogP contribution in [0.3, 0.4) is 0 Å². The van der Waals surface area contributed by atoms with Crippen LogP contribution in [0.1, 0.15) is 24.7 Å². The summed E-state index contributed by atoms with van der Waals surface area (Å²) in [5, 5.41) is 3.33. The number of fused-ring (bicyclic) bond motifs is 2. The van der Waals surface area contributed by atoms with Crippen LogP contribution in [0.25, 0.3) is 11.0 Å². The average molecular weight is 267 g/mol. The normalized spacial score (nSPS) is 24.2. The lowest BCUT2D eigenvalue weighted by Gasteiger charge is -2.05. The summed E-state index contributed by atoms with van der Waals surface area (Å²) in [7, 11) is 0. The summed E-state index contributed by atoms with van der Waals surface area (Å²) in [5.74, 6) is 0.880. The van der Waals surface area contributed by atoms with Gasteiger partial charge < -0.3 is 19.8 Å². The van der Waals surface area contributed by atoms with Gasteiger partial charge >= 0.3 is 6.29 Å². The molecule has 1 saturated heterocycles. The first-order valence-corrected chi connectivity index (χ1v) is 6.14. The Hall–Kier alpha value is -1.89. The van der Waals surface area contributed by atoms with E-state index in [1.54, 1.807) is 0 Å². The molecule has 7 heteroatoms. The monoisotopic (exact) mass is 267 g/mol. The Kier molecular flexibility index (Phi) is 2.06. The van der Waals surface area contributed by atoms with E-state index in [0.29, 0.717) is 11.0 Å². The van der Waals surface area contributed by atoms with Gasteiger partial charge in [-0.3, -0.25) is 0 Å². The molecule has 0 saturated carbocycles. The molecule has 0 amide bonds. The third-order valence-electron chi connectivity index (χ3n) is 3.41. The molecule has 3 heterocycles. The van der Waals surface area contributed by atoms with Crippen LogP contribution in [0.2, 0.25) is 0 Å². The molecule has 1 aromatic heterocycles. The molecule has 0 spiro atoms. The molecule has 2 aliphatic rings. The number of hydrogen-bond donors (Lipinski definition) is 2. The Labute approximate surface area is 106 Å². The van der Waals surface area contributed by atoms with Gasteiger partial charge in [-0.15, -0.1) is 8.78 Å². The molecule has 1 unspecified atom stereocenters. The molecular weight excluding hydrogens is 256 g/mol. The van der Waals surface area contributed by atoms with Crippen LogP contribution in [-0.2, 0) is 0 Å². The Bertz CT molecular complexity index is 605. The van der Waals surface area contributed by atoms with Crippen molar-refractivity contribution in [2.45, 2.75) is 25.2 Å². The van der Waals surface area contributed by atoms with E-state index in [9.17, 15) is 8.78 Å². The van der Waals surface area contributed by atoms with Gasteiger partial charge in [0.25, 0.3) is 0 Å². The van der Waals surface area contributed by atoms with Gasteiger partial charge in [0, 0.05) is 12.1 Å². The van der Waals surface area contributed by atoms with Gasteiger partial charge in [-0.2, -0.15) is 0 Å². The van der Waals surface area contributed by atoms with Crippen molar-refractivity contribution in [3.8, 4) is 11.5 Å². The fraction of sp³-hybridized carbons (Fsp3) is 0.417. The quantitative estimate of drug-likeness (QED) is 0.832. The first-order chi connectivity index (χ1) is 9.11. The van der Waals surface area contributed by atoms with E-state index in [0.717, 1.165) is 25.2 Å². The summed E-state index contributed by atoms with van der Waals surface area (Å²) in [5.41, 5.74) is 1.27. The number of nitrogens with zero attached hydrogens (tertiary/aromatic N) is 1. The van der Waals surface area contributed by atoms with Crippen molar-refractivity contribution in [1.82, 2.24) is 15.3 Å². The first kappa shape index (κ1) is 11.0. The third kappa shape index (κ3) is 1.73. The van der Waals surface area contributed by atoms with E-state index in [4.69, 9.17) is 0 Å². The topological polar surface area (TPSA) is 59.2 Å². The van der Waals surface area contributed by atoms with Crippen molar-refractivity contribution in [2.24, 2.45) is 0 Å².